The van der Waals surface area contributed by atoms with E-state index in [4.69, 9.17) is 5.11 Å². The summed E-state index contributed by atoms with van der Waals surface area (Å²) in [6, 6.07) is 0.588. The molecule has 0 aromatic heterocycles. The number of carbonyl (C=O) groups is 1. The zero-order valence-electron chi connectivity index (χ0n) is 8.66. The van der Waals surface area contributed by atoms with Crippen LogP contribution in [0.15, 0.2) is 0 Å². The van der Waals surface area contributed by atoms with E-state index < -0.39 is 5.97 Å². The molecule has 0 radical (unpaired) electrons. The van der Waals surface area contributed by atoms with Crippen LogP contribution in [-0.4, -0.2) is 35.1 Å². The van der Waals surface area contributed by atoms with Gasteiger partial charge in [0.2, 0.25) is 0 Å². The second-order valence-corrected chi connectivity index (χ2v) is 4.40. The Balaban J connectivity index is 2.21. The van der Waals surface area contributed by atoms with Crippen molar-refractivity contribution in [2.45, 2.75) is 33.2 Å². The number of carboxylic acids is 1. The molecule has 1 N–H and O–H groups in total. The van der Waals surface area contributed by atoms with E-state index in [-0.39, 0.29) is 0 Å². The SMILES string of the molecule is CC(C)C(C)N1CC(CC(=O)O)C1. The normalized spacial score (nSPS) is 21.5. The Morgan fingerprint density at radius 2 is 2.00 bits per heavy atom. The number of likely N-dealkylation sites (tertiary alicyclic amines) is 1. The molecular weight excluding hydrogens is 166 g/mol. The van der Waals surface area contributed by atoms with Crippen molar-refractivity contribution in [2.75, 3.05) is 13.1 Å². The molecule has 1 saturated heterocycles. The van der Waals surface area contributed by atoms with Crippen molar-refractivity contribution in [2.24, 2.45) is 11.8 Å². The first kappa shape index (κ1) is 10.5. The van der Waals surface area contributed by atoms with E-state index in [1.54, 1.807) is 0 Å². The van der Waals surface area contributed by atoms with Crippen LogP contribution in [0, 0.1) is 11.8 Å². The van der Waals surface area contributed by atoms with Gasteiger partial charge in [-0.05, 0) is 18.8 Å². The highest BCUT2D eigenvalue weighted by atomic mass is 16.4. The van der Waals surface area contributed by atoms with Crippen LogP contribution in [0.25, 0.3) is 0 Å². The van der Waals surface area contributed by atoms with Gasteiger partial charge in [-0.25, -0.2) is 0 Å². The van der Waals surface area contributed by atoms with Crippen LogP contribution in [0.1, 0.15) is 27.2 Å². The Bertz CT molecular complexity index is 185. The molecule has 76 valence electrons. The van der Waals surface area contributed by atoms with E-state index in [9.17, 15) is 4.79 Å². The zero-order valence-corrected chi connectivity index (χ0v) is 8.66. The average Bonchev–Trinajstić information content (AvgIpc) is 1.94. The van der Waals surface area contributed by atoms with Crippen LogP contribution in [0.2, 0.25) is 0 Å². The van der Waals surface area contributed by atoms with E-state index >= 15 is 0 Å². The molecule has 0 aromatic carbocycles. The molecule has 1 atom stereocenters. The molecule has 1 heterocycles. The largest absolute Gasteiger partial charge is 0.481 e. The van der Waals surface area contributed by atoms with Crippen molar-refractivity contribution in [3.63, 3.8) is 0 Å². The van der Waals surface area contributed by atoms with Gasteiger partial charge in [0.05, 0.1) is 6.42 Å². The Morgan fingerprint density at radius 1 is 1.46 bits per heavy atom. The van der Waals surface area contributed by atoms with Gasteiger partial charge in [-0.15, -0.1) is 0 Å². The number of hydrogen-bond donors (Lipinski definition) is 1. The van der Waals surface area contributed by atoms with Gasteiger partial charge in [-0.3, -0.25) is 9.69 Å². The maximum atomic E-state index is 10.4. The highest BCUT2D eigenvalue weighted by Crippen LogP contribution is 2.24. The van der Waals surface area contributed by atoms with Gasteiger partial charge in [0.1, 0.15) is 0 Å². The molecule has 0 aromatic rings. The van der Waals surface area contributed by atoms with E-state index in [0.29, 0.717) is 24.3 Å². The Hall–Kier alpha value is -0.570. The molecule has 1 rings (SSSR count). The fraction of sp³-hybridized carbons (Fsp3) is 0.900. The fourth-order valence-corrected chi connectivity index (χ4v) is 1.74. The van der Waals surface area contributed by atoms with Gasteiger partial charge in [-0.2, -0.15) is 0 Å². The number of rotatable bonds is 4. The molecule has 1 aliphatic heterocycles. The average molecular weight is 185 g/mol. The number of hydrogen-bond acceptors (Lipinski definition) is 2. The molecule has 1 aliphatic rings. The number of aliphatic carboxylic acids is 1. The first-order chi connectivity index (χ1) is 6.00. The Labute approximate surface area is 79.7 Å². The van der Waals surface area contributed by atoms with Crippen LogP contribution < -0.4 is 0 Å². The van der Waals surface area contributed by atoms with Crippen LogP contribution in [0.4, 0.5) is 0 Å². The van der Waals surface area contributed by atoms with Crippen LogP contribution >= 0.6 is 0 Å². The second-order valence-electron chi connectivity index (χ2n) is 4.40. The van der Waals surface area contributed by atoms with Gasteiger partial charge < -0.3 is 5.11 Å². The molecule has 0 bridgehead atoms. The van der Waals surface area contributed by atoms with Crippen LogP contribution in [0.5, 0.6) is 0 Å². The monoisotopic (exact) mass is 185 g/mol. The van der Waals surface area contributed by atoms with Crippen molar-refractivity contribution < 1.29 is 9.90 Å². The summed E-state index contributed by atoms with van der Waals surface area (Å²) in [6.45, 7) is 8.54. The molecule has 0 saturated carbocycles. The molecule has 0 aliphatic carbocycles. The first-order valence-electron chi connectivity index (χ1n) is 4.96. The third-order valence-electron chi connectivity index (χ3n) is 2.99. The van der Waals surface area contributed by atoms with Crippen molar-refractivity contribution in [1.82, 2.24) is 4.90 Å². The topological polar surface area (TPSA) is 40.5 Å². The number of carboxylic acid groups (broad SMARTS) is 1. The molecule has 3 nitrogen and oxygen atoms in total. The second kappa shape index (κ2) is 4.09. The van der Waals surface area contributed by atoms with E-state index in [0.717, 1.165) is 13.1 Å². The first-order valence-corrected chi connectivity index (χ1v) is 4.96. The lowest BCUT2D eigenvalue weighted by Crippen LogP contribution is -2.53. The van der Waals surface area contributed by atoms with Crippen LogP contribution in [0.3, 0.4) is 0 Å². The predicted molar refractivity (Wildman–Crippen MR) is 51.6 cm³/mol. The lowest BCUT2D eigenvalue weighted by Gasteiger charge is -2.44. The minimum Gasteiger partial charge on any atom is -0.481 e. The Kier molecular flexibility index (Phi) is 3.31. The quantitative estimate of drug-likeness (QED) is 0.720. The fourth-order valence-electron chi connectivity index (χ4n) is 1.74. The lowest BCUT2D eigenvalue weighted by molar-refractivity contribution is -0.140. The molecule has 1 fully saturated rings. The standard InChI is InChI=1S/C10H19NO2/c1-7(2)8(3)11-5-9(6-11)4-10(12)13/h7-9H,4-6H2,1-3H3,(H,12,13). The molecule has 0 amide bonds. The third-order valence-corrected chi connectivity index (χ3v) is 2.99. The summed E-state index contributed by atoms with van der Waals surface area (Å²) in [6.07, 6.45) is 0.335. The summed E-state index contributed by atoms with van der Waals surface area (Å²) in [4.78, 5) is 12.8. The molecule has 13 heavy (non-hydrogen) atoms. The Morgan fingerprint density at radius 3 is 2.38 bits per heavy atom. The zero-order chi connectivity index (χ0) is 10.0. The van der Waals surface area contributed by atoms with Gasteiger partial charge in [-0.1, -0.05) is 13.8 Å². The van der Waals surface area contributed by atoms with Gasteiger partial charge in [0.15, 0.2) is 0 Å². The third kappa shape index (κ3) is 2.69. The van der Waals surface area contributed by atoms with E-state index in [2.05, 4.69) is 25.7 Å². The summed E-state index contributed by atoms with van der Waals surface area (Å²) in [5, 5.41) is 8.56. The molecular formula is C10H19NO2. The molecule has 1 unspecified atom stereocenters. The van der Waals surface area contributed by atoms with Crippen molar-refractivity contribution in [3.8, 4) is 0 Å². The van der Waals surface area contributed by atoms with Gasteiger partial charge >= 0.3 is 5.97 Å². The summed E-state index contributed by atoms with van der Waals surface area (Å²) >= 11 is 0. The smallest absolute Gasteiger partial charge is 0.303 e. The minimum atomic E-state index is -0.665. The number of nitrogens with zero attached hydrogens (tertiary/aromatic N) is 1. The summed E-state index contributed by atoms with van der Waals surface area (Å²) in [5.74, 6) is 0.381. The van der Waals surface area contributed by atoms with Crippen LogP contribution in [-0.2, 0) is 4.79 Å². The highest BCUT2D eigenvalue weighted by Gasteiger charge is 2.32. The summed E-state index contributed by atoms with van der Waals surface area (Å²) in [7, 11) is 0. The highest BCUT2D eigenvalue weighted by molar-refractivity contribution is 5.67. The van der Waals surface area contributed by atoms with Crippen molar-refractivity contribution in [3.05, 3.63) is 0 Å². The molecule has 0 spiro atoms. The summed E-state index contributed by atoms with van der Waals surface area (Å²) in [5.41, 5.74) is 0. The van der Waals surface area contributed by atoms with Gasteiger partial charge in [0, 0.05) is 19.1 Å². The maximum absolute atomic E-state index is 10.4. The van der Waals surface area contributed by atoms with Gasteiger partial charge in [0.25, 0.3) is 0 Å². The van der Waals surface area contributed by atoms with E-state index in [1.807, 2.05) is 0 Å². The van der Waals surface area contributed by atoms with Crippen molar-refractivity contribution >= 4 is 5.97 Å². The maximum Gasteiger partial charge on any atom is 0.303 e. The summed E-state index contributed by atoms with van der Waals surface area (Å²) < 4.78 is 0. The van der Waals surface area contributed by atoms with Crippen molar-refractivity contribution in [1.29, 1.82) is 0 Å². The minimum absolute atomic E-state index is 0.335. The predicted octanol–water partition coefficient (Wildman–Crippen LogP) is 1.44. The lowest BCUT2D eigenvalue weighted by atomic mass is 9.91. The molecule has 3 heteroatoms. The van der Waals surface area contributed by atoms with E-state index in [1.165, 1.54) is 0 Å².